The maximum Gasteiger partial charge on any atom is 0.224 e. The molecule has 0 saturated carbocycles. The minimum Gasteiger partial charge on any atom is -0.480 e. The molecular weight excluding hydrogens is 264 g/mol. The zero-order valence-electron chi connectivity index (χ0n) is 12.0. The summed E-state index contributed by atoms with van der Waals surface area (Å²) in [5, 5.41) is 3.54. The Labute approximate surface area is 124 Å². The van der Waals surface area contributed by atoms with Gasteiger partial charge in [0.2, 0.25) is 5.88 Å². The van der Waals surface area contributed by atoms with Gasteiger partial charge in [0.1, 0.15) is 6.33 Å². The molecule has 0 amide bonds. The van der Waals surface area contributed by atoms with E-state index in [1.165, 1.54) is 30.5 Å². The highest BCUT2D eigenvalue weighted by molar-refractivity contribution is 5.81. The number of anilines is 2. The van der Waals surface area contributed by atoms with E-state index in [0.29, 0.717) is 11.9 Å². The molecule has 2 aliphatic rings. The number of benzene rings is 1. The van der Waals surface area contributed by atoms with Crippen LogP contribution >= 0.6 is 0 Å². The zero-order valence-corrected chi connectivity index (χ0v) is 12.0. The lowest BCUT2D eigenvalue weighted by atomic mass is 10.0. The van der Waals surface area contributed by atoms with E-state index in [9.17, 15) is 0 Å². The van der Waals surface area contributed by atoms with Gasteiger partial charge in [0, 0.05) is 25.3 Å². The SMILES string of the molecule is COc1ncncc1-c1ccc2c(c1)N1CCCC1CN2. The number of hydrogen-bond acceptors (Lipinski definition) is 5. The second-order valence-corrected chi connectivity index (χ2v) is 5.55. The molecule has 108 valence electrons. The summed E-state index contributed by atoms with van der Waals surface area (Å²) in [6, 6.07) is 7.09. The van der Waals surface area contributed by atoms with Crippen LogP contribution in [-0.2, 0) is 0 Å². The van der Waals surface area contributed by atoms with Crippen LogP contribution in [0.3, 0.4) is 0 Å². The van der Waals surface area contributed by atoms with Gasteiger partial charge in [-0.3, -0.25) is 0 Å². The van der Waals surface area contributed by atoms with Crippen molar-refractivity contribution in [3.8, 4) is 17.0 Å². The van der Waals surface area contributed by atoms with Gasteiger partial charge in [-0.1, -0.05) is 6.07 Å². The number of nitrogens with one attached hydrogen (secondary N) is 1. The van der Waals surface area contributed by atoms with Crippen molar-refractivity contribution in [2.45, 2.75) is 18.9 Å². The quantitative estimate of drug-likeness (QED) is 0.917. The van der Waals surface area contributed by atoms with Crippen molar-refractivity contribution < 1.29 is 4.74 Å². The number of nitrogens with zero attached hydrogens (tertiary/aromatic N) is 3. The molecule has 0 spiro atoms. The average Bonchev–Trinajstić information content (AvgIpc) is 3.03. The second kappa shape index (κ2) is 4.91. The molecule has 1 saturated heterocycles. The molecular formula is C16H18N4O. The van der Waals surface area contributed by atoms with Crippen LogP contribution in [0.15, 0.2) is 30.7 Å². The third-order valence-electron chi connectivity index (χ3n) is 4.39. The summed E-state index contributed by atoms with van der Waals surface area (Å²) in [5.74, 6) is 0.617. The Morgan fingerprint density at radius 1 is 1.38 bits per heavy atom. The Kier molecular flexibility index (Phi) is 2.91. The van der Waals surface area contributed by atoms with Crippen molar-refractivity contribution in [2.24, 2.45) is 0 Å². The van der Waals surface area contributed by atoms with Crippen LogP contribution in [-0.4, -0.2) is 36.2 Å². The molecule has 4 rings (SSSR count). The first kappa shape index (κ1) is 12.4. The van der Waals surface area contributed by atoms with Crippen molar-refractivity contribution in [3.05, 3.63) is 30.7 Å². The minimum atomic E-state index is 0.617. The van der Waals surface area contributed by atoms with Gasteiger partial charge in [0.15, 0.2) is 0 Å². The highest BCUT2D eigenvalue weighted by Crippen LogP contribution is 2.39. The largest absolute Gasteiger partial charge is 0.480 e. The van der Waals surface area contributed by atoms with Crippen LogP contribution < -0.4 is 15.0 Å². The van der Waals surface area contributed by atoms with E-state index in [1.807, 2.05) is 6.20 Å². The second-order valence-electron chi connectivity index (χ2n) is 5.55. The first-order valence-corrected chi connectivity index (χ1v) is 7.36. The van der Waals surface area contributed by atoms with Gasteiger partial charge < -0.3 is 15.0 Å². The van der Waals surface area contributed by atoms with Gasteiger partial charge in [0.05, 0.1) is 24.0 Å². The van der Waals surface area contributed by atoms with Crippen LogP contribution in [0.4, 0.5) is 11.4 Å². The summed E-state index contributed by atoms with van der Waals surface area (Å²) in [6.07, 6.45) is 5.87. The summed E-state index contributed by atoms with van der Waals surface area (Å²) in [5.41, 5.74) is 4.53. The third kappa shape index (κ3) is 2.00. The van der Waals surface area contributed by atoms with E-state index in [0.717, 1.165) is 24.2 Å². The van der Waals surface area contributed by atoms with Gasteiger partial charge in [0.25, 0.3) is 0 Å². The van der Waals surface area contributed by atoms with E-state index < -0.39 is 0 Å². The smallest absolute Gasteiger partial charge is 0.224 e. The molecule has 0 aliphatic carbocycles. The maximum absolute atomic E-state index is 5.35. The molecule has 1 N–H and O–H groups in total. The third-order valence-corrected chi connectivity index (χ3v) is 4.39. The summed E-state index contributed by atoms with van der Waals surface area (Å²) in [6.45, 7) is 2.19. The van der Waals surface area contributed by atoms with Crippen LogP contribution in [0.5, 0.6) is 5.88 Å². The van der Waals surface area contributed by atoms with E-state index in [2.05, 4.69) is 38.4 Å². The van der Waals surface area contributed by atoms with Gasteiger partial charge in [-0.15, -0.1) is 0 Å². The van der Waals surface area contributed by atoms with E-state index in [-0.39, 0.29) is 0 Å². The molecule has 1 fully saturated rings. The highest BCUT2D eigenvalue weighted by Gasteiger charge is 2.30. The fraction of sp³-hybridized carbons (Fsp3) is 0.375. The lowest BCUT2D eigenvalue weighted by Crippen LogP contribution is -2.39. The number of rotatable bonds is 2. The molecule has 3 heterocycles. The first-order valence-electron chi connectivity index (χ1n) is 7.36. The average molecular weight is 282 g/mol. The predicted octanol–water partition coefficient (Wildman–Crippen LogP) is 2.55. The van der Waals surface area contributed by atoms with Crippen molar-refractivity contribution in [1.29, 1.82) is 0 Å². The topological polar surface area (TPSA) is 50.3 Å². The monoisotopic (exact) mass is 282 g/mol. The Morgan fingerprint density at radius 3 is 3.24 bits per heavy atom. The Bertz CT molecular complexity index is 673. The summed E-state index contributed by atoms with van der Waals surface area (Å²) >= 11 is 0. The molecule has 1 aromatic carbocycles. The fourth-order valence-electron chi connectivity index (χ4n) is 3.36. The number of fused-ring (bicyclic) bond motifs is 3. The summed E-state index contributed by atoms with van der Waals surface area (Å²) in [4.78, 5) is 10.8. The fourth-order valence-corrected chi connectivity index (χ4v) is 3.36. The molecule has 1 atom stereocenters. The molecule has 5 nitrogen and oxygen atoms in total. The Balaban J connectivity index is 1.80. The van der Waals surface area contributed by atoms with Gasteiger partial charge in [-0.05, 0) is 30.5 Å². The number of ether oxygens (including phenoxy) is 1. The Morgan fingerprint density at radius 2 is 2.33 bits per heavy atom. The maximum atomic E-state index is 5.35. The van der Waals surface area contributed by atoms with Crippen molar-refractivity contribution in [2.75, 3.05) is 30.4 Å². The Hall–Kier alpha value is -2.30. The van der Waals surface area contributed by atoms with E-state index >= 15 is 0 Å². The van der Waals surface area contributed by atoms with Crippen LogP contribution in [0.1, 0.15) is 12.8 Å². The number of methoxy groups -OCH3 is 1. The van der Waals surface area contributed by atoms with Crippen molar-refractivity contribution in [1.82, 2.24) is 9.97 Å². The van der Waals surface area contributed by atoms with E-state index in [1.54, 1.807) is 7.11 Å². The molecule has 1 unspecified atom stereocenters. The van der Waals surface area contributed by atoms with Gasteiger partial charge in [-0.2, -0.15) is 0 Å². The van der Waals surface area contributed by atoms with Crippen LogP contribution in [0, 0.1) is 0 Å². The van der Waals surface area contributed by atoms with E-state index in [4.69, 9.17) is 4.74 Å². The molecule has 0 radical (unpaired) electrons. The molecule has 1 aromatic heterocycles. The normalized spacial score (nSPS) is 19.7. The number of hydrogen-bond donors (Lipinski definition) is 1. The molecule has 2 aliphatic heterocycles. The standard InChI is InChI=1S/C16H18N4O/c1-21-16-13(9-17-10-19-16)11-4-5-14-15(7-11)20-6-2-3-12(20)8-18-14/h4-5,7,9-10,12,18H,2-3,6,8H2,1H3. The molecule has 0 bridgehead atoms. The lowest BCUT2D eigenvalue weighted by Gasteiger charge is -2.34. The lowest BCUT2D eigenvalue weighted by molar-refractivity contribution is 0.398. The molecule has 21 heavy (non-hydrogen) atoms. The predicted molar refractivity (Wildman–Crippen MR) is 82.9 cm³/mol. The summed E-state index contributed by atoms with van der Waals surface area (Å²) in [7, 11) is 1.64. The molecule has 2 aromatic rings. The molecule has 5 heteroatoms. The zero-order chi connectivity index (χ0) is 14.2. The minimum absolute atomic E-state index is 0.617. The number of aromatic nitrogens is 2. The van der Waals surface area contributed by atoms with Crippen LogP contribution in [0.25, 0.3) is 11.1 Å². The van der Waals surface area contributed by atoms with Crippen molar-refractivity contribution >= 4 is 11.4 Å². The highest BCUT2D eigenvalue weighted by atomic mass is 16.5. The van der Waals surface area contributed by atoms with Gasteiger partial charge in [-0.25, -0.2) is 9.97 Å². The van der Waals surface area contributed by atoms with Crippen molar-refractivity contribution in [3.63, 3.8) is 0 Å². The van der Waals surface area contributed by atoms with Crippen LogP contribution in [0.2, 0.25) is 0 Å². The summed E-state index contributed by atoms with van der Waals surface area (Å²) < 4.78 is 5.35. The first-order chi connectivity index (χ1) is 10.4. The van der Waals surface area contributed by atoms with Gasteiger partial charge >= 0.3 is 0 Å².